The molecule has 0 heterocycles. The first kappa shape index (κ1) is 10.0. The van der Waals surface area contributed by atoms with Crippen molar-refractivity contribution < 1.29 is 0 Å². The van der Waals surface area contributed by atoms with Crippen molar-refractivity contribution >= 4 is 0 Å². The summed E-state index contributed by atoms with van der Waals surface area (Å²) < 4.78 is 0. The fourth-order valence-corrected chi connectivity index (χ4v) is 2.51. The summed E-state index contributed by atoms with van der Waals surface area (Å²) in [4.78, 5) is 0. The van der Waals surface area contributed by atoms with Crippen LogP contribution in [0.15, 0.2) is 0 Å². The van der Waals surface area contributed by atoms with E-state index in [1.165, 1.54) is 25.7 Å². The highest BCUT2D eigenvalue weighted by molar-refractivity contribution is 4.87. The van der Waals surface area contributed by atoms with Gasteiger partial charge in [0.1, 0.15) is 0 Å². The molecule has 1 saturated carbocycles. The largest absolute Gasteiger partial charge is 0.317 e. The molecule has 1 N–H and O–H groups in total. The second kappa shape index (κ2) is 3.78. The van der Waals surface area contributed by atoms with Crippen molar-refractivity contribution in [3.63, 3.8) is 0 Å². The lowest BCUT2D eigenvalue weighted by Gasteiger charge is -2.40. The van der Waals surface area contributed by atoms with E-state index in [2.05, 4.69) is 33.1 Å². The van der Waals surface area contributed by atoms with Crippen LogP contribution in [0.25, 0.3) is 0 Å². The van der Waals surface area contributed by atoms with E-state index in [1.54, 1.807) is 0 Å². The first-order valence-electron chi connectivity index (χ1n) is 5.23. The molecule has 0 amide bonds. The van der Waals surface area contributed by atoms with Crippen LogP contribution in [-0.2, 0) is 0 Å². The van der Waals surface area contributed by atoms with Gasteiger partial charge >= 0.3 is 0 Å². The van der Waals surface area contributed by atoms with Crippen molar-refractivity contribution in [2.75, 3.05) is 7.05 Å². The molecule has 1 aliphatic carbocycles. The third kappa shape index (κ3) is 2.22. The van der Waals surface area contributed by atoms with Gasteiger partial charge in [0, 0.05) is 6.04 Å². The van der Waals surface area contributed by atoms with E-state index < -0.39 is 0 Å². The van der Waals surface area contributed by atoms with Crippen LogP contribution >= 0.6 is 0 Å². The summed E-state index contributed by atoms with van der Waals surface area (Å²) in [6, 6.07) is 0.763. The minimum atomic E-state index is 0.480. The Morgan fingerprint density at radius 2 is 1.67 bits per heavy atom. The molecular weight excluding hydrogens is 146 g/mol. The number of hydrogen-bond acceptors (Lipinski definition) is 1. The fraction of sp³-hybridized carbons (Fsp3) is 1.00. The molecule has 0 radical (unpaired) electrons. The molecule has 1 nitrogen and oxygen atoms in total. The molecule has 0 spiro atoms. The van der Waals surface area contributed by atoms with Crippen LogP contribution in [0, 0.1) is 11.3 Å². The van der Waals surface area contributed by atoms with Crippen molar-refractivity contribution in [1.82, 2.24) is 5.32 Å². The van der Waals surface area contributed by atoms with Crippen LogP contribution in [0.5, 0.6) is 0 Å². The molecule has 0 aromatic carbocycles. The summed E-state index contributed by atoms with van der Waals surface area (Å²) in [5.74, 6) is 0.872. The maximum Gasteiger partial charge on any atom is 0.00973 e. The van der Waals surface area contributed by atoms with Gasteiger partial charge in [0.2, 0.25) is 0 Å². The molecule has 0 aliphatic heterocycles. The standard InChI is InChI=1S/C11H23N/c1-11(2,3)9-7-5-6-8-10(9)12-4/h9-10,12H,5-8H2,1-4H3/t9?,10-/m0/s1. The van der Waals surface area contributed by atoms with Gasteiger partial charge in [0.05, 0.1) is 0 Å². The lowest BCUT2D eigenvalue weighted by molar-refractivity contribution is 0.136. The normalized spacial score (nSPS) is 32.0. The second-order valence-electron chi connectivity index (χ2n) is 5.15. The Balaban J connectivity index is 2.59. The summed E-state index contributed by atoms with van der Waals surface area (Å²) in [6.07, 6.45) is 5.63. The van der Waals surface area contributed by atoms with E-state index in [-0.39, 0.29) is 0 Å². The zero-order valence-corrected chi connectivity index (χ0v) is 8.98. The van der Waals surface area contributed by atoms with Crippen LogP contribution < -0.4 is 5.32 Å². The number of hydrogen-bond donors (Lipinski definition) is 1. The van der Waals surface area contributed by atoms with Gasteiger partial charge in [0.15, 0.2) is 0 Å². The highest BCUT2D eigenvalue weighted by atomic mass is 14.9. The van der Waals surface area contributed by atoms with Crippen molar-refractivity contribution in [3.8, 4) is 0 Å². The number of rotatable bonds is 1. The van der Waals surface area contributed by atoms with E-state index in [0.29, 0.717) is 5.41 Å². The molecule has 72 valence electrons. The van der Waals surface area contributed by atoms with E-state index >= 15 is 0 Å². The van der Waals surface area contributed by atoms with Crippen molar-refractivity contribution in [2.45, 2.75) is 52.5 Å². The van der Waals surface area contributed by atoms with Crippen LogP contribution in [0.3, 0.4) is 0 Å². The Kier molecular flexibility index (Phi) is 3.16. The summed E-state index contributed by atoms with van der Waals surface area (Å²) in [5, 5.41) is 3.46. The molecule has 0 saturated heterocycles. The zero-order chi connectivity index (χ0) is 9.19. The highest BCUT2D eigenvalue weighted by Crippen LogP contribution is 2.37. The Morgan fingerprint density at radius 1 is 1.08 bits per heavy atom. The highest BCUT2D eigenvalue weighted by Gasteiger charge is 2.32. The quantitative estimate of drug-likeness (QED) is 0.636. The summed E-state index contributed by atoms with van der Waals surface area (Å²) in [7, 11) is 2.11. The smallest absolute Gasteiger partial charge is 0.00973 e. The molecule has 0 aromatic heterocycles. The van der Waals surface area contributed by atoms with E-state index in [9.17, 15) is 0 Å². The average molecular weight is 169 g/mol. The third-order valence-corrected chi connectivity index (χ3v) is 3.25. The summed E-state index contributed by atoms with van der Waals surface area (Å²) in [6.45, 7) is 7.11. The molecule has 1 aliphatic rings. The summed E-state index contributed by atoms with van der Waals surface area (Å²) in [5.41, 5.74) is 0.480. The number of nitrogens with one attached hydrogen (secondary N) is 1. The lowest BCUT2D eigenvalue weighted by atomic mass is 9.69. The maximum atomic E-state index is 3.46. The van der Waals surface area contributed by atoms with Gasteiger partial charge in [0.25, 0.3) is 0 Å². The van der Waals surface area contributed by atoms with Crippen molar-refractivity contribution in [2.24, 2.45) is 11.3 Å². The molecule has 2 atom stereocenters. The second-order valence-corrected chi connectivity index (χ2v) is 5.15. The Labute approximate surface area is 76.9 Å². The predicted octanol–water partition coefficient (Wildman–Crippen LogP) is 2.81. The molecule has 0 bridgehead atoms. The van der Waals surface area contributed by atoms with E-state index in [0.717, 1.165) is 12.0 Å². The third-order valence-electron chi connectivity index (χ3n) is 3.25. The van der Waals surface area contributed by atoms with Gasteiger partial charge in [-0.25, -0.2) is 0 Å². The SMILES string of the molecule is CN[C@H]1CCCCC1C(C)(C)C. The van der Waals surface area contributed by atoms with Crippen LogP contribution in [0.2, 0.25) is 0 Å². The fourth-order valence-electron chi connectivity index (χ4n) is 2.51. The van der Waals surface area contributed by atoms with Gasteiger partial charge < -0.3 is 5.32 Å². The maximum absolute atomic E-state index is 3.46. The average Bonchev–Trinajstić information content (AvgIpc) is 2.03. The molecule has 1 rings (SSSR count). The van der Waals surface area contributed by atoms with E-state index in [4.69, 9.17) is 0 Å². The Bertz CT molecular complexity index is 134. The van der Waals surface area contributed by atoms with Gasteiger partial charge in [-0.3, -0.25) is 0 Å². The Hall–Kier alpha value is -0.0400. The van der Waals surface area contributed by atoms with Crippen LogP contribution in [0.4, 0.5) is 0 Å². The minimum absolute atomic E-state index is 0.480. The van der Waals surface area contributed by atoms with Gasteiger partial charge in [-0.2, -0.15) is 0 Å². The first-order chi connectivity index (χ1) is 5.55. The lowest BCUT2D eigenvalue weighted by Crippen LogP contribution is -2.42. The molecule has 1 fully saturated rings. The summed E-state index contributed by atoms with van der Waals surface area (Å²) >= 11 is 0. The van der Waals surface area contributed by atoms with Crippen molar-refractivity contribution in [3.05, 3.63) is 0 Å². The van der Waals surface area contributed by atoms with Gasteiger partial charge in [-0.1, -0.05) is 33.6 Å². The predicted molar refractivity (Wildman–Crippen MR) is 54.3 cm³/mol. The topological polar surface area (TPSA) is 12.0 Å². The molecule has 0 aromatic rings. The molecular formula is C11H23N. The van der Waals surface area contributed by atoms with Crippen LogP contribution in [-0.4, -0.2) is 13.1 Å². The minimum Gasteiger partial charge on any atom is -0.317 e. The molecule has 1 unspecified atom stereocenters. The van der Waals surface area contributed by atoms with Crippen LogP contribution in [0.1, 0.15) is 46.5 Å². The molecule has 1 heteroatoms. The van der Waals surface area contributed by atoms with Gasteiger partial charge in [-0.05, 0) is 31.2 Å². The molecule has 12 heavy (non-hydrogen) atoms. The van der Waals surface area contributed by atoms with Gasteiger partial charge in [-0.15, -0.1) is 0 Å². The van der Waals surface area contributed by atoms with Crippen molar-refractivity contribution in [1.29, 1.82) is 0 Å². The van der Waals surface area contributed by atoms with E-state index in [1.807, 2.05) is 0 Å². The monoisotopic (exact) mass is 169 g/mol. The first-order valence-corrected chi connectivity index (χ1v) is 5.23. The zero-order valence-electron chi connectivity index (χ0n) is 8.98. The Morgan fingerprint density at radius 3 is 2.08 bits per heavy atom.